The predicted molar refractivity (Wildman–Crippen MR) is 60.3 cm³/mol. The van der Waals surface area contributed by atoms with E-state index < -0.39 is 21.7 Å². The van der Waals surface area contributed by atoms with Gasteiger partial charge in [-0.15, -0.1) is 0 Å². The second-order valence-corrected chi connectivity index (χ2v) is 5.45. The van der Waals surface area contributed by atoms with Gasteiger partial charge in [0.2, 0.25) is 0 Å². The van der Waals surface area contributed by atoms with Gasteiger partial charge in [0, 0.05) is 6.26 Å². The van der Waals surface area contributed by atoms with E-state index >= 15 is 0 Å². The van der Waals surface area contributed by atoms with E-state index in [2.05, 4.69) is 0 Å². The van der Waals surface area contributed by atoms with Crippen molar-refractivity contribution in [2.24, 2.45) is 0 Å². The zero-order chi connectivity index (χ0) is 13.1. The average Bonchev–Trinajstić information content (AvgIpc) is 2.24. The third-order valence-corrected chi connectivity index (χ3v) is 2.39. The van der Waals surface area contributed by atoms with Crippen LogP contribution in [0.15, 0.2) is 18.2 Å². The summed E-state index contributed by atoms with van der Waals surface area (Å²) >= 11 is 0. The zero-order valence-corrected chi connectivity index (χ0v) is 10.2. The van der Waals surface area contributed by atoms with Crippen LogP contribution in [-0.4, -0.2) is 38.8 Å². The Labute approximate surface area is 98.7 Å². The molecule has 0 bridgehead atoms. The molecule has 0 radical (unpaired) electrons. The quantitative estimate of drug-likeness (QED) is 0.841. The van der Waals surface area contributed by atoms with Crippen molar-refractivity contribution in [2.45, 2.75) is 0 Å². The van der Waals surface area contributed by atoms with Crippen molar-refractivity contribution >= 4 is 15.8 Å². The Morgan fingerprint density at radius 1 is 1.35 bits per heavy atom. The van der Waals surface area contributed by atoms with Gasteiger partial charge in [-0.25, -0.2) is 13.2 Å². The van der Waals surface area contributed by atoms with Crippen LogP contribution >= 0.6 is 0 Å². The maximum absolute atomic E-state index is 10.9. The molecule has 0 saturated carbocycles. The topological polar surface area (TPSA) is 89.9 Å². The van der Waals surface area contributed by atoms with Gasteiger partial charge in [0.15, 0.2) is 27.3 Å². The molecule has 0 amide bonds. The smallest absolute Gasteiger partial charge is 0.335 e. The monoisotopic (exact) mass is 260 g/mol. The largest absolute Gasteiger partial charge is 0.493 e. The van der Waals surface area contributed by atoms with Gasteiger partial charge in [0.25, 0.3) is 0 Å². The fraction of sp³-hybridized carbons (Fsp3) is 0.300. The van der Waals surface area contributed by atoms with Crippen LogP contribution in [0.4, 0.5) is 0 Å². The van der Waals surface area contributed by atoms with E-state index in [1.165, 1.54) is 25.3 Å². The van der Waals surface area contributed by atoms with E-state index in [0.717, 1.165) is 6.26 Å². The molecular weight excluding hydrogens is 248 g/mol. The van der Waals surface area contributed by atoms with Gasteiger partial charge in [-0.2, -0.15) is 0 Å². The molecule has 0 atom stereocenters. The van der Waals surface area contributed by atoms with Crippen LogP contribution < -0.4 is 9.47 Å². The Balaban J connectivity index is 2.97. The summed E-state index contributed by atoms with van der Waals surface area (Å²) in [6.45, 7) is 0. The van der Waals surface area contributed by atoms with Crippen molar-refractivity contribution in [1.82, 2.24) is 0 Å². The summed E-state index contributed by atoms with van der Waals surface area (Å²) < 4.78 is 31.8. The lowest BCUT2D eigenvalue weighted by Gasteiger charge is -2.10. The van der Waals surface area contributed by atoms with Gasteiger partial charge in [-0.1, -0.05) is 0 Å². The number of carbonyl (C=O) groups is 1. The summed E-state index contributed by atoms with van der Waals surface area (Å²) in [6, 6.07) is 3.93. The first-order valence-corrected chi connectivity index (χ1v) is 6.61. The number of carboxylic acid groups (broad SMARTS) is 1. The maximum Gasteiger partial charge on any atom is 0.335 e. The van der Waals surface area contributed by atoms with Crippen LogP contribution in [0.1, 0.15) is 10.4 Å². The van der Waals surface area contributed by atoms with Gasteiger partial charge < -0.3 is 14.6 Å². The molecule has 1 rings (SSSR count). The molecule has 17 heavy (non-hydrogen) atoms. The fourth-order valence-corrected chi connectivity index (χ4v) is 1.43. The molecular formula is C10H12O6S. The summed E-state index contributed by atoms with van der Waals surface area (Å²) in [7, 11) is -1.93. The molecule has 6 nitrogen and oxygen atoms in total. The molecule has 94 valence electrons. The van der Waals surface area contributed by atoms with Crippen molar-refractivity contribution in [2.75, 3.05) is 19.3 Å². The number of hydrogen-bond acceptors (Lipinski definition) is 5. The van der Waals surface area contributed by atoms with Crippen LogP contribution in [0.3, 0.4) is 0 Å². The Bertz CT molecular complexity index is 520. The Hall–Kier alpha value is -1.76. The Morgan fingerprint density at radius 2 is 2.00 bits per heavy atom. The predicted octanol–water partition coefficient (Wildman–Crippen LogP) is 0.774. The molecule has 0 aromatic heterocycles. The van der Waals surface area contributed by atoms with Crippen LogP contribution in [-0.2, 0) is 9.84 Å². The fourth-order valence-electron chi connectivity index (χ4n) is 1.09. The second-order valence-electron chi connectivity index (χ2n) is 3.36. The number of methoxy groups -OCH3 is 1. The van der Waals surface area contributed by atoms with E-state index in [-0.39, 0.29) is 17.1 Å². The highest BCUT2D eigenvalue weighted by molar-refractivity contribution is 7.90. The summed E-state index contributed by atoms with van der Waals surface area (Å²) in [6.07, 6.45) is 1.03. The van der Waals surface area contributed by atoms with Crippen molar-refractivity contribution < 1.29 is 27.8 Å². The lowest BCUT2D eigenvalue weighted by atomic mass is 10.2. The molecule has 0 spiro atoms. The molecule has 0 saturated heterocycles. The van der Waals surface area contributed by atoms with Crippen molar-refractivity contribution in [3.8, 4) is 11.5 Å². The highest BCUT2D eigenvalue weighted by atomic mass is 32.2. The van der Waals surface area contributed by atoms with Crippen LogP contribution in [0, 0.1) is 0 Å². The SMILES string of the molecule is COc1cc(C(=O)O)ccc1OCS(C)(=O)=O. The van der Waals surface area contributed by atoms with E-state index in [4.69, 9.17) is 14.6 Å². The molecule has 0 aliphatic rings. The van der Waals surface area contributed by atoms with E-state index in [0.29, 0.717) is 0 Å². The first-order chi connectivity index (χ1) is 7.83. The van der Waals surface area contributed by atoms with Gasteiger partial charge in [0.1, 0.15) is 0 Å². The molecule has 0 unspecified atom stereocenters. The van der Waals surface area contributed by atoms with Gasteiger partial charge >= 0.3 is 5.97 Å². The number of carboxylic acids is 1. The van der Waals surface area contributed by atoms with E-state index in [9.17, 15) is 13.2 Å². The number of aromatic carboxylic acids is 1. The first kappa shape index (κ1) is 13.3. The number of hydrogen-bond donors (Lipinski definition) is 1. The minimum Gasteiger partial charge on any atom is -0.493 e. The van der Waals surface area contributed by atoms with Crippen molar-refractivity contribution in [3.05, 3.63) is 23.8 Å². The van der Waals surface area contributed by atoms with Crippen LogP contribution in [0.2, 0.25) is 0 Å². The third kappa shape index (κ3) is 3.95. The normalized spacial score (nSPS) is 10.9. The molecule has 0 fully saturated rings. The molecule has 7 heteroatoms. The molecule has 1 N–H and O–H groups in total. The summed E-state index contributed by atoms with van der Waals surface area (Å²) in [5.41, 5.74) is 0.0357. The molecule has 0 aliphatic carbocycles. The second kappa shape index (κ2) is 5.05. The highest BCUT2D eigenvalue weighted by Gasteiger charge is 2.11. The van der Waals surface area contributed by atoms with Gasteiger partial charge in [0.05, 0.1) is 12.7 Å². The number of ether oxygens (including phenoxy) is 2. The molecule has 1 aromatic rings. The summed E-state index contributed by atoms with van der Waals surface area (Å²) in [4.78, 5) is 10.7. The number of sulfone groups is 1. The molecule has 0 aliphatic heterocycles. The van der Waals surface area contributed by atoms with Crippen LogP contribution in [0.25, 0.3) is 0 Å². The molecule has 1 aromatic carbocycles. The zero-order valence-electron chi connectivity index (χ0n) is 9.34. The van der Waals surface area contributed by atoms with E-state index in [1.54, 1.807) is 0 Å². The van der Waals surface area contributed by atoms with Crippen molar-refractivity contribution in [1.29, 1.82) is 0 Å². The molecule has 0 heterocycles. The van der Waals surface area contributed by atoms with E-state index in [1.807, 2.05) is 0 Å². The Kier molecular flexibility index (Phi) is 3.95. The van der Waals surface area contributed by atoms with Crippen LogP contribution in [0.5, 0.6) is 11.5 Å². The minimum absolute atomic E-state index is 0.0357. The minimum atomic E-state index is -3.27. The first-order valence-electron chi connectivity index (χ1n) is 4.55. The number of rotatable bonds is 5. The summed E-state index contributed by atoms with van der Waals surface area (Å²) in [5.74, 6) is -1.23. The standard InChI is InChI=1S/C10H12O6S/c1-15-9-5-7(10(11)12)3-4-8(9)16-6-17(2,13)14/h3-5H,6H2,1-2H3,(H,11,12). The van der Waals surface area contributed by atoms with Gasteiger partial charge in [-0.05, 0) is 18.2 Å². The number of benzene rings is 1. The third-order valence-electron chi connectivity index (χ3n) is 1.84. The average molecular weight is 260 g/mol. The Morgan fingerprint density at radius 3 is 2.47 bits per heavy atom. The maximum atomic E-state index is 10.9. The lowest BCUT2D eigenvalue weighted by Crippen LogP contribution is -2.10. The highest BCUT2D eigenvalue weighted by Crippen LogP contribution is 2.28. The van der Waals surface area contributed by atoms with Crippen molar-refractivity contribution in [3.63, 3.8) is 0 Å². The lowest BCUT2D eigenvalue weighted by molar-refractivity contribution is 0.0696. The summed E-state index contributed by atoms with van der Waals surface area (Å²) in [5, 5.41) is 8.76. The van der Waals surface area contributed by atoms with Gasteiger partial charge in [-0.3, -0.25) is 0 Å².